The lowest BCUT2D eigenvalue weighted by Crippen LogP contribution is -2.10. The minimum absolute atomic E-state index is 0.0270. The molecule has 25 nitrogen and oxygen atoms in total. The third-order valence-corrected chi connectivity index (χ3v) is 18.9. The maximum Gasteiger partial charge on any atom is 0.340 e. The van der Waals surface area contributed by atoms with Crippen LogP contribution in [0.2, 0.25) is 0 Å². The van der Waals surface area contributed by atoms with Crippen LogP contribution < -0.4 is 0 Å². The van der Waals surface area contributed by atoms with Gasteiger partial charge in [-0.15, -0.1) is 0 Å². The Bertz CT molecular complexity index is 6040. The molecular weight excluding hydrogens is 1550 g/mol. The summed E-state index contributed by atoms with van der Waals surface area (Å²) in [5, 5.41) is 20.2. The Balaban J connectivity index is 0.000000149. The van der Waals surface area contributed by atoms with Gasteiger partial charge in [-0.1, -0.05) is 185 Å². The molecule has 0 aliphatic rings. The van der Waals surface area contributed by atoms with Crippen LogP contribution in [0.5, 0.6) is 0 Å². The van der Waals surface area contributed by atoms with Crippen LogP contribution in [0.4, 0.5) is 0 Å². The quantitative estimate of drug-likeness (QED) is 0.0476. The van der Waals surface area contributed by atoms with Crippen molar-refractivity contribution in [3.05, 3.63) is 355 Å². The molecule has 0 N–H and O–H groups in total. The standard InChI is InChI=1S/C22H24N2O3.C20H20N2O3.C19H18N2O3.2C18H16N2O3/c1-14-6-11-19(15(2)23-14)21(25)26-13-18-12-20(24-27-18)16-7-9-17(10-8-16)22(3,4)5;1-4-15-6-8-16(9-7-15)19-11-17(25-22-19)12-24-20(23)18-10-5-13(2)21-14(18)3;1-12-4-7-15(8-5-12)18-10-16(24-21-18)11-23-19(22)17-9-6-13(2)20-14(17)3;1-12-3-6-14(7-4-12)17-9-16(23-20-17)11-22-18(21)15-8-5-13(2)19-10-15;1-12-4-3-5-14(8-12)17-9-16(23-20-17)11-22-18(21)15-7-6-13(2)19-10-15/h6-12H,13H2,1-5H3;5-11H,4,12H2,1-3H3;4-10H,11H2,1-3H3;2*3-10H,11H2,1-2H3. The summed E-state index contributed by atoms with van der Waals surface area (Å²) in [6.45, 7) is 29.6. The number of hydrogen-bond acceptors (Lipinski definition) is 25. The Labute approximate surface area is 706 Å². The molecule has 15 aromatic rings. The van der Waals surface area contributed by atoms with Crippen LogP contribution in [0.3, 0.4) is 0 Å². The maximum absolute atomic E-state index is 12.2. The molecule has 0 aliphatic heterocycles. The van der Waals surface area contributed by atoms with E-state index < -0.39 is 29.8 Å². The van der Waals surface area contributed by atoms with Crippen LogP contribution in [0.1, 0.15) is 182 Å². The first-order valence-electron chi connectivity index (χ1n) is 39.3. The molecule has 0 saturated carbocycles. The van der Waals surface area contributed by atoms with E-state index in [4.69, 9.17) is 46.3 Å². The second kappa shape index (κ2) is 41.6. The summed E-state index contributed by atoms with van der Waals surface area (Å²) >= 11 is 0. The maximum atomic E-state index is 12.2. The van der Waals surface area contributed by atoms with Gasteiger partial charge in [0.1, 0.15) is 28.5 Å². The first-order chi connectivity index (χ1) is 58.6. The van der Waals surface area contributed by atoms with Crippen molar-refractivity contribution >= 4 is 29.8 Å². The zero-order valence-electron chi connectivity index (χ0n) is 70.7. The molecule has 0 saturated heterocycles. The molecule has 10 aromatic heterocycles. The van der Waals surface area contributed by atoms with Crippen molar-refractivity contribution < 1.29 is 70.3 Å². The van der Waals surface area contributed by atoms with Gasteiger partial charge in [-0.2, -0.15) is 0 Å². The van der Waals surface area contributed by atoms with E-state index >= 15 is 0 Å². The molecule has 0 radical (unpaired) electrons. The fourth-order valence-corrected chi connectivity index (χ4v) is 11.9. The second-order valence-corrected chi connectivity index (χ2v) is 29.9. The van der Waals surface area contributed by atoms with Crippen molar-refractivity contribution in [1.82, 2.24) is 50.7 Å². The molecule has 122 heavy (non-hydrogen) atoms. The number of ether oxygens (including phenoxy) is 5. The van der Waals surface area contributed by atoms with Crippen LogP contribution in [0, 0.1) is 76.2 Å². The molecule has 25 heteroatoms. The average Bonchev–Trinajstić information content (AvgIpc) is 1.86. The van der Waals surface area contributed by atoms with Crippen LogP contribution in [0.15, 0.2) is 247 Å². The van der Waals surface area contributed by atoms with E-state index in [-0.39, 0.29) is 38.4 Å². The predicted molar refractivity (Wildman–Crippen MR) is 457 cm³/mol. The second-order valence-electron chi connectivity index (χ2n) is 29.9. The monoisotopic (exact) mass is 1640 g/mol. The molecule has 0 aliphatic carbocycles. The van der Waals surface area contributed by atoms with Crippen molar-refractivity contribution in [2.24, 2.45) is 0 Å². The number of benzene rings is 5. The lowest BCUT2D eigenvalue weighted by atomic mass is 9.86. The normalized spacial score (nSPS) is 10.8. The van der Waals surface area contributed by atoms with Crippen molar-refractivity contribution in [2.45, 2.75) is 149 Å². The van der Waals surface area contributed by atoms with Crippen molar-refractivity contribution in [3.8, 4) is 56.3 Å². The molecule has 15 rings (SSSR count). The van der Waals surface area contributed by atoms with Gasteiger partial charge in [0.15, 0.2) is 61.8 Å². The molecule has 0 fully saturated rings. The van der Waals surface area contributed by atoms with Gasteiger partial charge in [-0.05, 0) is 166 Å². The smallest absolute Gasteiger partial charge is 0.340 e. The van der Waals surface area contributed by atoms with Gasteiger partial charge >= 0.3 is 29.8 Å². The Hall–Kier alpha value is -14.8. The molecule has 622 valence electrons. The summed E-state index contributed by atoms with van der Waals surface area (Å²) < 4.78 is 52.6. The topological polar surface area (TPSA) is 326 Å². The number of esters is 5. The van der Waals surface area contributed by atoms with Crippen LogP contribution in [0.25, 0.3) is 56.3 Å². The first-order valence-corrected chi connectivity index (χ1v) is 39.3. The Morgan fingerprint density at radius 1 is 0.303 bits per heavy atom. The molecule has 10 heterocycles. The Morgan fingerprint density at radius 3 is 0.885 bits per heavy atom. The zero-order chi connectivity index (χ0) is 87.0. The van der Waals surface area contributed by atoms with E-state index in [1.54, 1.807) is 112 Å². The number of hydrogen-bond donors (Lipinski definition) is 0. The number of nitrogens with zero attached hydrogens (tertiary/aromatic N) is 10. The lowest BCUT2D eigenvalue weighted by Gasteiger charge is -2.18. The van der Waals surface area contributed by atoms with E-state index in [2.05, 4.69) is 103 Å². The minimum atomic E-state index is -0.439. The largest absolute Gasteiger partial charge is 0.454 e. The highest BCUT2D eigenvalue weighted by Crippen LogP contribution is 2.29. The molecule has 0 atom stereocenters. The first kappa shape index (κ1) is 88.1. The van der Waals surface area contributed by atoms with Crippen LogP contribution in [-0.2, 0) is 68.6 Å². The highest BCUT2D eigenvalue weighted by Gasteiger charge is 2.21. The van der Waals surface area contributed by atoms with Gasteiger partial charge in [0.2, 0.25) is 0 Å². The van der Waals surface area contributed by atoms with E-state index in [1.807, 2.05) is 152 Å². The third kappa shape index (κ3) is 25.4. The molecule has 0 unspecified atom stereocenters. The van der Waals surface area contributed by atoms with Gasteiger partial charge in [0.05, 0.1) is 44.9 Å². The van der Waals surface area contributed by atoms with E-state index in [1.165, 1.54) is 34.6 Å². The fraction of sp³-hybridized carbons (Fsp3) is 0.227. The highest BCUT2D eigenvalue weighted by atomic mass is 16.6. The number of aryl methyl sites for hydroxylation is 12. The summed E-state index contributed by atoms with van der Waals surface area (Å²) in [4.78, 5) is 81.3. The number of rotatable bonds is 21. The van der Waals surface area contributed by atoms with E-state index in [9.17, 15) is 24.0 Å². The molecule has 0 amide bonds. The van der Waals surface area contributed by atoms with Crippen molar-refractivity contribution in [1.29, 1.82) is 0 Å². The van der Waals surface area contributed by atoms with Crippen molar-refractivity contribution in [2.75, 3.05) is 0 Å². The average molecular weight is 1640 g/mol. The van der Waals surface area contributed by atoms with Gasteiger partial charge in [-0.25, -0.2) is 24.0 Å². The SMILES string of the molecule is CCc1ccc(-c2cc(COC(=O)c3ccc(C)nc3C)on2)cc1.Cc1ccc(-c2cc(COC(=O)c3ccc(C)nc3)on2)cc1.Cc1ccc(-c2cc(COC(=O)c3ccc(C)nc3C)on2)cc1.Cc1ccc(C(=O)OCc2cc(-c3ccc(C(C)(C)C)cc3)no2)c(C)n1.Cc1cccc(-c2cc(COC(=O)c3ccc(C)nc3)on2)c1. The summed E-state index contributed by atoms with van der Waals surface area (Å²) in [7, 11) is 0. The third-order valence-electron chi connectivity index (χ3n) is 18.9. The van der Waals surface area contributed by atoms with Gasteiger partial charge in [0, 0.05) is 99.0 Å². The van der Waals surface area contributed by atoms with Gasteiger partial charge in [0.25, 0.3) is 0 Å². The number of carbonyl (C=O) groups is 5. The molecule has 5 aromatic carbocycles. The highest BCUT2D eigenvalue weighted by molar-refractivity contribution is 5.92. The summed E-state index contributed by atoms with van der Waals surface area (Å²) in [5.74, 6) is 0.338. The van der Waals surface area contributed by atoms with Crippen LogP contribution >= 0.6 is 0 Å². The van der Waals surface area contributed by atoms with Gasteiger partial charge < -0.3 is 46.3 Å². The lowest BCUT2D eigenvalue weighted by molar-refractivity contribution is 0.0428. The number of carbonyl (C=O) groups excluding carboxylic acids is 5. The van der Waals surface area contributed by atoms with E-state index in [0.717, 1.165) is 85.4 Å². The number of pyridine rings is 5. The minimum Gasteiger partial charge on any atom is -0.454 e. The Morgan fingerprint density at radius 2 is 0.598 bits per heavy atom. The van der Waals surface area contributed by atoms with Crippen LogP contribution in [-0.4, -0.2) is 80.5 Å². The number of aromatic nitrogens is 10. The fourth-order valence-electron chi connectivity index (χ4n) is 11.9. The molecule has 0 bridgehead atoms. The summed E-state index contributed by atoms with van der Waals surface area (Å²) in [6, 6.07) is 66.6. The van der Waals surface area contributed by atoms with E-state index in [0.29, 0.717) is 85.1 Å². The predicted octanol–water partition coefficient (Wildman–Crippen LogP) is 20.7. The zero-order valence-corrected chi connectivity index (χ0v) is 70.7. The van der Waals surface area contributed by atoms with Gasteiger partial charge in [-0.3, -0.25) is 24.9 Å². The Kier molecular flexibility index (Phi) is 30.0. The van der Waals surface area contributed by atoms with Crippen molar-refractivity contribution in [3.63, 3.8) is 0 Å². The summed E-state index contributed by atoms with van der Waals surface area (Å²) in [6.07, 6.45) is 3.99. The summed E-state index contributed by atoms with van der Waals surface area (Å²) in [5.41, 5.74) is 23.0. The molecule has 0 spiro atoms. The molecular formula is C97H94N10O15.